The molecule has 30 heavy (non-hydrogen) atoms. The van der Waals surface area contributed by atoms with E-state index in [1.165, 1.54) is 6.20 Å². The van der Waals surface area contributed by atoms with Crippen molar-refractivity contribution in [2.75, 3.05) is 18.4 Å². The summed E-state index contributed by atoms with van der Waals surface area (Å²) in [5, 5.41) is 3.29. The zero-order chi connectivity index (χ0) is 22.1. The van der Waals surface area contributed by atoms with Gasteiger partial charge in [0.1, 0.15) is 21.9 Å². The molecule has 0 saturated carbocycles. The zero-order valence-corrected chi connectivity index (χ0v) is 18.0. The summed E-state index contributed by atoms with van der Waals surface area (Å²) in [6, 6.07) is -0.0636. The number of carbonyl (C=O) groups is 1. The molecule has 0 aromatic carbocycles. The average molecular weight is 443 g/mol. The first kappa shape index (κ1) is 22.3. The summed E-state index contributed by atoms with van der Waals surface area (Å²) in [5.41, 5.74) is -1.71. The molecule has 1 aliphatic heterocycles. The van der Waals surface area contributed by atoms with E-state index in [1.807, 2.05) is 20.8 Å². The van der Waals surface area contributed by atoms with Crippen LogP contribution in [0.5, 0.6) is 0 Å². The normalized spacial score (nSPS) is 15.9. The number of thiazole rings is 1. The lowest BCUT2D eigenvalue weighted by Gasteiger charge is -2.33. The fourth-order valence-corrected chi connectivity index (χ4v) is 3.77. The van der Waals surface area contributed by atoms with Crippen LogP contribution in [-0.2, 0) is 10.9 Å². The van der Waals surface area contributed by atoms with Crippen molar-refractivity contribution in [3.63, 3.8) is 0 Å². The van der Waals surface area contributed by atoms with Gasteiger partial charge in [-0.15, -0.1) is 11.3 Å². The number of hydrogen-bond donors (Lipinski definition) is 1. The third-order valence-electron chi connectivity index (χ3n) is 4.40. The van der Waals surface area contributed by atoms with Crippen molar-refractivity contribution in [3.8, 4) is 10.7 Å². The van der Waals surface area contributed by atoms with Crippen molar-refractivity contribution in [2.45, 2.75) is 58.4 Å². The maximum atomic E-state index is 13.4. The van der Waals surface area contributed by atoms with Crippen LogP contribution >= 0.6 is 11.3 Å². The van der Waals surface area contributed by atoms with E-state index in [0.717, 1.165) is 22.4 Å². The number of ether oxygens (including phenoxy) is 1. The lowest BCUT2D eigenvalue weighted by atomic mass is 10.1. The standard InChI is InChI=1S/C19H24F3N5O2S/c1-11-9-23-15(30-11)14-13(19(20,21)22)10-24-16(26-14)25-12-5-7-27(8-6-12)17(28)29-18(2,3)4/h9-10,12H,5-8H2,1-4H3,(H,24,25,26). The first-order chi connectivity index (χ1) is 13.9. The van der Waals surface area contributed by atoms with Gasteiger partial charge in [-0.1, -0.05) is 0 Å². The highest BCUT2D eigenvalue weighted by Gasteiger charge is 2.36. The Labute approximate surface area is 176 Å². The van der Waals surface area contributed by atoms with Gasteiger partial charge in [-0.2, -0.15) is 13.2 Å². The van der Waals surface area contributed by atoms with Gasteiger partial charge in [0.25, 0.3) is 0 Å². The number of nitrogens with one attached hydrogen (secondary N) is 1. The van der Waals surface area contributed by atoms with E-state index in [0.29, 0.717) is 25.9 Å². The van der Waals surface area contributed by atoms with Gasteiger partial charge in [0.05, 0.1) is 0 Å². The van der Waals surface area contributed by atoms with E-state index in [1.54, 1.807) is 11.8 Å². The van der Waals surface area contributed by atoms with Crippen LogP contribution in [0.1, 0.15) is 44.1 Å². The fourth-order valence-electron chi connectivity index (χ4n) is 3.00. The van der Waals surface area contributed by atoms with Crippen LogP contribution in [0.4, 0.5) is 23.9 Å². The van der Waals surface area contributed by atoms with Crippen molar-refractivity contribution in [2.24, 2.45) is 0 Å². The van der Waals surface area contributed by atoms with E-state index in [9.17, 15) is 18.0 Å². The molecule has 1 fully saturated rings. The van der Waals surface area contributed by atoms with E-state index in [-0.39, 0.29) is 28.8 Å². The van der Waals surface area contributed by atoms with Gasteiger partial charge < -0.3 is 15.0 Å². The van der Waals surface area contributed by atoms with Crippen molar-refractivity contribution in [1.82, 2.24) is 19.9 Å². The van der Waals surface area contributed by atoms with Crippen LogP contribution in [0.3, 0.4) is 0 Å². The van der Waals surface area contributed by atoms with Gasteiger partial charge in [-0.05, 0) is 40.5 Å². The van der Waals surface area contributed by atoms with Crippen LogP contribution in [0.25, 0.3) is 10.7 Å². The Morgan fingerprint density at radius 2 is 1.87 bits per heavy atom. The molecule has 3 rings (SSSR count). The molecule has 2 aromatic rings. The third-order valence-corrected chi connectivity index (χ3v) is 5.32. The number of rotatable bonds is 3. The van der Waals surface area contributed by atoms with Crippen molar-refractivity contribution in [3.05, 3.63) is 22.8 Å². The predicted molar refractivity (Wildman–Crippen MR) is 107 cm³/mol. The number of aromatic nitrogens is 3. The lowest BCUT2D eigenvalue weighted by Crippen LogP contribution is -2.44. The molecule has 7 nitrogen and oxygen atoms in total. The molecular weight excluding hydrogens is 419 g/mol. The Balaban J connectivity index is 1.70. The summed E-state index contributed by atoms with van der Waals surface area (Å²) in [4.78, 5) is 26.6. The number of carbonyl (C=O) groups excluding carboxylic acids is 1. The molecular formula is C19H24F3N5O2S. The van der Waals surface area contributed by atoms with Crippen LogP contribution in [0.15, 0.2) is 12.4 Å². The number of amides is 1. The lowest BCUT2D eigenvalue weighted by molar-refractivity contribution is -0.137. The first-order valence-electron chi connectivity index (χ1n) is 9.54. The number of nitrogens with zero attached hydrogens (tertiary/aromatic N) is 4. The Morgan fingerprint density at radius 1 is 1.20 bits per heavy atom. The van der Waals surface area contributed by atoms with Gasteiger partial charge in [0.15, 0.2) is 0 Å². The highest BCUT2D eigenvalue weighted by Crippen LogP contribution is 2.37. The van der Waals surface area contributed by atoms with Crippen molar-refractivity contribution >= 4 is 23.4 Å². The molecule has 164 valence electrons. The monoisotopic (exact) mass is 443 g/mol. The number of piperidine rings is 1. The first-order valence-corrected chi connectivity index (χ1v) is 10.4. The predicted octanol–water partition coefficient (Wildman–Crippen LogP) is 4.74. The van der Waals surface area contributed by atoms with E-state index < -0.39 is 17.3 Å². The molecule has 0 spiro atoms. The topological polar surface area (TPSA) is 80.2 Å². The molecule has 0 atom stereocenters. The van der Waals surface area contributed by atoms with Crippen molar-refractivity contribution < 1.29 is 22.7 Å². The molecule has 1 N–H and O–H groups in total. The zero-order valence-electron chi connectivity index (χ0n) is 17.2. The molecule has 0 unspecified atom stereocenters. The molecule has 0 bridgehead atoms. The molecule has 2 aromatic heterocycles. The smallest absolute Gasteiger partial charge is 0.420 e. The van der Waals surface area contributed by atoms with Crippen LogP contribution in [0.2, 0.25) is 0 Å². The molecule has 3 heterocycles. The Kier molecular flexibility index (Phi) is 6.21. The number of anilines is 1. The Bertz CT molecular complexity index is 902. The van der Waals surface area contributed by atoms with Crippen LogP contribution in [0, 0.1) is 6.92 Å². The summed E-state index contributed by atoms with van der Waals surface area (Å²) in [6.07, 6.45) is -1.43. The summed E-state index contributed by atoms with van der Waals surface area (Å²) in [6.45, 7) is 8.15. The Hall–Kier alpha value is -2.43. The highest BCUT2D eigenvalue weighted by atomic mass is 32.1. The number of likely N-dealkylation sites (tertiary alicyclic amines) is 1. The van der Waals surface area contributed by atoms with Crippen LogP contribution in [-0.4, -0.2) is 50.7 Å². The molecule has 11 heteroatoms. The molecule has 0 aliphatic carbocycles. The van der Waals surface area contributed by atoms with Gasteiger partial charge in [0.2, 0.25) is 5.95 Å². The SMILES string of the molecule is Cc1cnc(-c2nc(NC3CCN(C(=O)OC(C)(C)C)CC3)ncc2C(F)(F)F)s1. The van der Waals surface area contributed by atoms with Gasteiger partial charge in [0, 0.05) is 36.4 Å². The summed E-state index contributed by atoms with van der Waals surface area (Å²) < 4.78 is 45.6. The fraction of sp³-hybridized carbons (Fsp3) is 0.579. The van der Waals surface area contributed by atoms with Crippen LogP contribution < -0.4 is 5.32 Å². The number of halogens is 3. The van der Waals surface area contributed by atoms with E-state index in [2.05, 4.69) is 20.3 Å². The minimum atomic E-state index is -4.58. The van der Waals surface area contributed by atoms with Gasteiger partial charge >= 0.3 is 12.3 Å². The second-order valence-electron chi connectivity index (χ2n) is 8.12. The average Bonchev–Trinajstić information content (AvgIpc) is 3.06. The summed E-state index contributed by atoms with van der Waals surface area (Å²) in [5.74, 6) is 0.113. The molecule has 1 aliphatic rings. The van der Waals surface area contributed by atoms with Crippen molar-refractivity contribution in [1.29, 1.82) is 0 Å². The largest absolute Gasteiger partial charge is 0.444 e. The Morgan fingerprint density at radius 3 is 2.40 bits per heavy atom. The summed E-state index contributed by atoms with van der Waals surface area (Å²) >= 11 is 1.15. The quantitative estimate of drug-likeness (QED) is 0.738. The number of hydrogen-bond acceptors (Lipinski definition) is 7. The number of aryl methyl sites for hydroxylation is 1. The van der Waals surface area contributed by atoms with E-state index in [4.69, 9.17) is 4.74 Å². The third kappa shape index (κ3) is 5.59. The summed E-state index contributed by atoms with van der Waals surface area (Å²) in [7, 11) is 0. The second-order valence-corrected chi connectivity index (χ2v) is 9.35. The highest BCUT2D eigenvalue weighted by molar-refractivity contribution is 7.14. The second kappa shape index (κ2) is 8.37. The molecule has 0 radical (unpaired) electrons. The van der Waals surface area contributed by atoms with Gasteiger partial charge in [-0.25, -0.2) is 19.7 Å². The number of alkyl halides is 3. The molecule has 1 saturated heterocycles. The minimum Gasteiger partial charge on any atom is -0.444 e. The maximum absolute atomic E-state index is 13.4. The van der Waals surface area contributed by atoms with E-state index >= 15 is 0 Å². The molecule has 1 amide bonds. The maximum Gasteiger partial charge on any atom is 0.420 e. The minimum absolute atomic E-state index is 0.0636. The van der Waals surface area contributed by atoms with Gasteiger partial charge in [-0.3, -0.25) is 0 Å².